The van der Waals surface area contributed by atoms with E-state index in [9.17, 15) is 9.59 Å². The van der Waals surface area contributed by atoms with Gasteiger partial charge in [0.15, 0.2) is 0 Å². The molecule has 0 spiro atoms. The number of hydrogen-bond donors (Lipinski definition) is 1. The number of amides is 2. The molecule has 1 unspecified atom stereocenters. The lowest BCUT2D eigenvalue weighted by Gasteiger charge is -2.16. The highest BCUT2D eigenvalue weighted by Gasteiger charge is 2.34. The van der Waals surface area contributed by atoms with Crippen molar-refractivity contribution in [2.45, 2.75) is 19.4 Å². The summed E-state index contributed by atoms with van der Waals surface area (Å²) in [5, 5.41) is 6.79. The Labute approximate surface area is 167 Å². The standard InChI is InChI=1S/C20H20N6O3/c27-18-10-16(13-26(18)12-14-3-7-21-8-4-14)20(28)23-9-5-17-24-19(25-29-17)15-2-1-6-22-11-15/h1-4,6-8,11,16H,5,9-10,12-13H2,(H,23,28). The van der Waals surface area contributed by atoms with Gasteiger partial charge < -0.3 is 14.7 Å². The van der Waals surface area contributed by atoms with Crippen LogP contribution in [0.4, 0.5) is 0 Å². The summed E-state index contributed by atoms with van der Waals surface area (Å²) in [7, 11) is 0. The maximum Gasteiger partial charge on any atom is 0.228 e. The van der Waals surface area contributed by atoms with Gasteiger partial charge in [-0.25, -0.2) is 0 Å². The number of likely N-dealkylation sites (tertiary alicyclic amines) is 1. The van der Waals surface area contributed by atoms with Crippen LogP contribution in [-0.4, -0.2) is 49.9 Å². The van der Waals surface area contributed by atoms with Crippen LogP contribution in [0.25, 0.3) is 11.4 Å². The van der Waals surface area contributed by atoms with Crippen molar-refractivity contribution in [1.82, 2.24) is 30.3 Å². The first-order chi connectivity index (χ1) is 14.2. The highest BCUT2D eigenvalue weighted by molar-refractivity contribution is 5.89. The third kappa shape index (κ3) is 4.63. The molecule has 0 bridgehead atoms. The van der Waals surface area contributed by atoms with E-state index in [-0.39, 0.29) is 24.2 Å². The fourth-order valence-electron chi connectivity index (χ4n) is 3.21. The number of pyridine rings is 2. The van der Waals surface area contributed by atoms with E-state index in [0.29, 0.717) is 37.8 Å². The van der Waals surface area contributed by atoms with Gasteiger partial charge in [-0.2, -0.15) is 4.98 Å². The van der Waals surface area contributed by atoms with E-state index >= 15 is 0 Å². The van der Waals surface area contributed by atoms with Gasteiger partial charge in [0, 0.05) is 62.8 Å². The maximum absolute atomic E-state index is 12.4. The maximum atomic E-state index is 12.4. The van der Waals surface area contributed by atoms with Crippen LogP contribution in [0.5, 0.6) is 0 Å². The summed E-state index contributed by atoms with van der Waals surface area (Å²) in [6.45, 7) is 1.27. The highest BCUT2D eigenvalue weighted by atomic mass is 16.5. The van der Waals surface area contributed by atoms with Gasteiger partial charge in [0.05, 0.1) is 5.92 Å². The van der Waals surface area contributed by atoms with Crippen molar-refractivity contribution in [2.24, 2.45) is 5.92 Å². The Bertz CT molecular complexity index is 976. The number of nitrogens with one attached hydrogen (secondary N) is 1. The molecular weight excluding hydrogens is 372 g/mol. The van der Waals surface area contributed by atoms with Crippen molar-refractivity contribution in [3.8, 4) is 11.4 Å². The highest BCUT2D eigenvalue weighted by Crippen LogP contribution is 2.20. The lowest BCUT2D eigenvalue weighted by atomic mass is 10.1. The molecule has 4 rings (SSSR count). The molecule has 1 aliphatic rings. The minimum atomic E-state index is -0.349. The molecule has 0 aliphatic carbocycles. The van der Waals surface area contributed by atoms with Crippen molar-refractivity contribution in [3.63, 3.8) is 0 Å². The Balaban J connectivity index is 1.25. The van der Waals surface area contributed by atoms with Gasteiger partial charge in [-0.1, -0.05) is 5.16 Å². The first-order valence-electron chi connectivity index (χ1n) is 9.36. The van der Waals surface area contributed by atoms with Gasteiger partial charge in [-0.15, -0.1) is 0 Å². The molecule has 9 nitrogen and oxygen atoms in total. The number of carbonyl (C=O) groups is 2. The first kappa shape index (κ1) is 18.7. The average Bonchev–Trinajstić information content (AvgIpc) is 3.37. The summed E-state index contributed by atoms with van der Waals surface area (Å²) in [4.78, 5) is 38.7. The summed E-state index contributed by atoms with van der Waals surface area (Å²) in [6, 6.07) is 7.38. The van der Waals surface area contributed by atoms with Crippen molar-refractivity contribution in [1.29, 1.82) is 0 Å². The molecule has 0 aromatic carbocycles. The molecule has 148 valence electrons. The summed E-state index contributed by atoms with van der Waals surface area (Å²) in [6.07, 6.45) is 7.36. The first-order valence-corrected chi connectivity index (χ1v) is 9.36. The molecule has 0 saturated carbocycles. The van der Waals surface area contributed by atoms with Crippen LogP contribution in [-0.2, 0) is 22.6 Å². The summed E-state index contributed by atoms with van der Waals surface area (Å²) in [5.74, 6) is 0.402. The zero-order valence-corrected chi connectivity index (χ0v) is 15.7. The molecule has 3 aromatic heterocycles. The number of nitrogens with zero attached hydrogens (tertiary/aromatic N) is 5. The van der Waals surface area contributed by atoms with Crippen LogP contribution < -0.4 is 5.32 Å². The summed E-state index contributed by atoms with van der Waals surface area (Å²) >= 11 is 0. The molecule has 4 heterocycles. The predicted octanol–water partition coefficient (Wildman–Crippen LogP) is 1.23. The van der Waals surface area contributed by atoms with Crippen molar-refractivity contribution >= 4 is 11.8 Å². The fourth-order valence-corrected chi connectivity index (χ4v) is 3.21. The summed E-state index contributed by atoms with van der Waals surface area (Å²) in [5.41, 5.74) is 1.76. The normalized spacial score (nSPS) is 16.2. The van der Waals surface area contributed by atoms with Crippen LogP contribution in [0, 0.1) is 5.92 Å². The van der Waals surface area contributed by atoms with Gasteiger partial charge in [-0.3, -0.25) is 19.6 Å². The molecule has 2 amide bonds. The van der Waals surface area contributed by atoms with Gasteiger partial charge >= 0.3 is 0 Å². The second-order valence-corrected chi connectivity index (χ2v) is 6.83. The largest absolute Gasteiger partial charge is 0.355 e. The van der Waals surface area contributed by atoms with Crippen LogP contribution in [0.3, 0.4) is 0 Å². The van der Waals surface area contributed by atoms with E-state index in [1.807, 2.05) is 18.2 Å². The monoisotopic (exact) mass is 392 g/mol. The minimum Gasteiger partial charge on any atom is -0.355 e. The van der Waals surface area contributed by atoms with Crippen molar-refractivity contribution in [3.05, 3.63) is 60.5 Å². The number of hydrogen-bond acceptors (Lipinski definition) is 7. The topological polar surface area (TPSA) is 114 Å². The third-order valence-electron chi connectivity index (χ3n) is 4.73. The SMILES string of the molecule is O=C(NCCc1nc(-c2cccnc2)no1)C1CC(=O)N(Cc2ccncc2)C1. The third-order valence-corrected chi connectivity index (χ3v) is 4.73. The van der Waals surface area contributed by atoms with E-state index in [4.69, 9.17) is 4.52 Å². The Morgan fingerprint density at radius 2 is 2.07 bits per heavy atom. The second-order valence-electron chi connectivity index (χ2n) is 6.83. The molecule has 9 heteroatoms. The van der Waals surface area contributed by atoms with Gasteiger partial charge in [0.1, 0.15) is 0 Å². The Morgan fingerprint density at radius 3 is 2.86 bits per heavy atom. The second kappa shape index (κ2) is 8.59. The summed E-state index contributed by atoms with van der Waals surface area (Å²) < 4.78 is 5.22. The molecule has 0 radical (unpaired) electrons. The minimum absolute atomic E-state index is 0.0139. The fraction of sp³-hybridized carbons (Fsp3) is 0.300. The lowest BCUT2D eigenvalue weighted by Crippen LogP contribution is -2.34. The average molecular weight is 392 g/mol. The number of carbonyl (C=O) groups excluding carboxylic acids is 2. The Kier molecular flexibility index (Phi) is 5.55. The van der Waals surface area contributed by atoms with Gasteiger partial charge in [0.25, 0.3) is 0 Å². The Hall–Kier alpha value is -3.62. The molecule has 3 aromatic rings. The van der Waals surface area contributed by atoms with E-state index < -0.39 is 0 Å². The lowest BCUT2D eigenvalue weighted by molar-refractivity contribution is -0.129. The molecule has 1 atom stereocenters. The van der Waals surface area contributed by atoms with Gasteiger partial charge in [0.2, 0.25) is 23.5 Å². The van der Waals surface area contributed by atoms with E-state index in [0.717, 1.165) is 11.1 Å². The van der Waals surface area contributed by atoms with Crippen LogP contribution in [0.1, 0.15) is 17.9 Å². The van der Waals surface area contributed by atoms with E-state index in [2.05, 4.69) is 25.4 Å². The zero-order chi connectivity index (χ0) is 20.1. The zero-order valence-electron chi connectivity index (χ0n) is 15.7. The van der Waals surface area contributed by atoms with Crippen molar-refractivity contribution in [2.75, 3.05) is 13.1 Å². The van der Waals surface area contributed by atoms with Crippen LogP contribution in [0.2, 0.25) is 0 Å². The molecule has 1 aliphatic heterocycles. The molecular formula is C20H20N6O3. The smallest absolute Gasteiger partial charge is 0.228 e. The number of rotatable bonds is 7. The van der Waals surface area contributed by atoms with E-state index in [1.165, 1.54) is 0 Å². The van der Waals surface area contributed by atoms with E-state index in [1.54, 1.807) is 35.8 Å². The molecule has 1 saturated heterocycles. The molecule has 29 heavy (non-hydrogen) atoms. The van der Waals surface area contributed by atoms with Gasteiger partial charge in [-0.05, 0) is 29.8 Å². The predicted molar refractivity (Wildman–Crippen MR) is 102 cm³/mol. The van der Waals surface area contributed by atoms with Crippen molar-refractivity contribution < 1.29 is 14.1 Å². The van der Waals surface area contributed by atoms with Crippen LogP contribution in [0.15, 0.2) is 53.6 Å². The number of aromatic nitrogens is 4. The Morgan fingerprint density at radius 1 is 1.21 bits per heavy atom. The molecule has 1 fully saturated rings. The molecule has 1 N–H and O–H groups in total. The quantitative estimate of drug-likeness (QED) is 0.643. The van der Waals surface area contributed by atoms with Crippen LogP contribution >= 0.6 is 0 Å².